The Morgan fingerprint density at radius 3 is 2.83 bits per heavy atom. The summed E-state index contributed by atoms with van der Waals surface area (Å²) in [5.74, 6) is 0. The van der Waals surface area contributed by atoms with Crippen molar-refractivity contribution < 1.29 is 0 Å². The zero-order valence-electron chi connectivity index (χ0n) is 7.79. The average molecular weight is 184 g/mol. The lowest BCUT2D eigenvalue weighted by molar-refractivity contribution is 0.302. The van der Waals surface area contributed by atoms with Crippen LogP contribution in [-0.2, 0) is 0 Å². The van der Waals surface area contributed by atoms with Gasteiger partial charge in [-0.1, -0.05) is 24.6 Å². The van der Waals surface area contributed by atoms with Crippen molar-refractivity contribution in [2.45, 2.75) is 37.0 Å². The van der Waals surface area contributed by atoms with Gasteiger partial charge in [0.1, 0.15) is 0 Å². The smallest absolute Gasteiger partial charge is 0.159 e. The molecule has 0 spiro atoms. The molecule has 1 unspecified atom stereocenters. The molecular weight excluding hydrogens is 168 g/mol. The molecule has 0 aromatic heterocycles. The first-order valence-corrected chi connectivity index (χ1v) is 5.57. The van der Waals surface area contributed by atoms with Gasteiger partial charge in [-0.3, -0.25) is 4.99 Å². The molecule has 3 heteroatoms. The largest absolute Gasteiger partial charge is 0.350 e. The Bertz CT molecular complexity index is 203. The topological polar surface area (TPSA) is 15.6 Å². The second-order valence-electron chi connectivity index (χ2n) is 3.63. The highest BCUT2D eigenvalue weighted by Gasteiger charge is 2.37. The molecule has 2 fully saturated rings. The minimum absolute atomic E-state index is 0.780. The summed E-state index contributed by atoms with van der Waals surface area (Å²) in [5, 5.41) is 2.08. The summed E-state index contributed by atoms with van der Waals surface area (Å²) >= 11 is 1.98. The van der Waals surface area contributed by atoms with E-state index in [1.807, 2.05) is 18.8 Å². The minimum atomic E-state index is 0.780. The standard InChI is InChI=1S/C9H16N2S/c1-10-9-11(2)7-5-3-4-6-8(7)12-9/h7-8H,3-6H2,1-2H3/t7?,8-/m0/s1. The normalized spacial score (nSPS) is 38.8. The molecule has 12 heavy (non-hydrogen) atoms. The zero-order chi connectivity index (χ0) is 8.55. The lowest BCUT2D eigenvalue weighted by atomic mass is 9.94. The fourth-order valence-corrected chi connectivity index (χ4v) is 3.67. The first kappa shape index (κ1) is 8.42. The first-order valence-electron chi connectivity index (χ1n) is 4.69. The van der Waals surface area contributed by atoms with Crippen LogP contribution >= 0.6 is 11.8 Å². The Kier molecular flexibility index (Phi) is 2.31. The molecule has 2 rings (SSSR count). The van der Waals surface area contributed by atoms with Gasteiger partial charge in [-0.15, -0.1) is 0 Å². The molecule has 1 heterocycles. The third-order valence-corrected chi connectivity index (χ3v) is 4.45. The summed E-state index contributed by atoms with van der Waals surface area (Å²) in [6, 6.07) is 0.780. The van der Waals surface area contributed by atoms with Crippen LogP contribution in [0.3, 0.4) is 0 Å². The molecule has 2 aliphatic rings. The molecule has 0 bridgehead atoms. The summed E-state index contributed by atoms with van der Waals surface area (Å²) in [7, 11) is 4.08. The number of amidine groups is 1. The molecule has 2 nitrogen and oxygen atoms in total. The minimum Gasteiger partial charge on any atom is -0.350 e. The van der Waals surface area contributed by atoms with Crippen molar-refractivity contribution in [2.24, 2.45) is 4.99 Å². The van der Waals surface area contributed by atoms with Crippen molar-refractivity contribution in [1.29, 1.82) is 0 Å². The molecule has 0 aromatic rings. The number of rotatable bonds is 0. The highest BCUT2D eigenvalue weighted by Crippen LogP contribution is 2.39. The van der Waals surface area contributed by atoms with E-state index in [0.717, 1.165) is 11.3 Å². The summed E-state index contributed by atoms with van der Waals surface area (Å²) in [6.07, 6.45) is 5.58. The van der Waals surface area contributed by atoms with Gasteiger partial charge in [0, 0.05) is 25.4 Å². The van der Waals surface area contributed by atoms with Crippen LogP contribution in [0.5, 0.6) is 0 Å². The highest BCUT2D eigenvalue weighted by molar-refractivity contribution is 8.14. The number of hydrogen-bond donors (Lipinski definition) is 0. The molecule has 1 aliphatic heterocycles. The molecule has 1 saturated heterocycles. The van der Waals surface area contributed by atoms with E-state index in [-0.39, 0.29) is 0 Å². The quantitative estimate of drug-likeness (QED) is 0.572. The SMILES string of the molecule is CN=C1S[C@H]2CCCCC2N1C. The molecule has 0 N–H and O–H groups in total. The number of thioether (sulfide) groups is 1. The average Bonchev–Trinajstić information content (AvgIpc) is 2.44. The van der Waals surface area contributed by atoms with Crippen LogP contribution in [0.2, 0.25) is 0 Å². The molecule has 0 amide bonds. The van der Waals surface area contributed by atoms with Crippen LogP contribution < -0.4 is 0 Å². The summed E-state index contributed by atoms with van der Waals surface area (Å²) in [6.45, 7) is 0. The monoisotopic (exact) mass is 184 g/mol. The van der Waals surface area contributed by atoms with Gasteiger partial charge in [-0.05, 0) is 12.8 Å². The van der Waals surface area contributed by atoms with Gasteiger partial charge >= 0.3 is 0 Å². The lowest BCUT2D eigenvalue weighted by Crippen LogP contribution is -2.35. The van der Waals surface area contributed by atoms with Crippen molar-refractivity contribution in [3.63, 3.8) is 0 Å². The van der Waals surface area contributed by atoms with E-state index < -0.39 is 0 Å². The molecule has 2 atom stereocenters. The maximum atomic E-state index is 4.30. The van der Waals surface area contributed by atoms with Crippen molar-refractivity contribution in [3.05, 3.63) is 0 Å². The van der Waals surface area contributed by atoms with Crippen LogP contribution in [0, 0.1) is 0 Å². The third kappa shape index (κ3) is 1.24. The van der Waals surface area contributed by atoms with Gasteiger partial charge in [0.25, 0.3) is 0 Å². The molecule has 1 aliphatic carbocycles. The van der Waals surface area contributed by atoms with Crippen molar-refractivity contribution in [2.75, 3.05) is 14.1 Å². The van der Waals surface area contributed by atoms with Crippen molar-refractivity contribution in [1.82, 2.24) is 4.90 Å². The predicted molar refractivity (Wildman–Crippen MR) is 54.8 cm³/mol. The summed E-state index contributed by atoms with van der Waals surface area (Å²) in [5.41, 5.74) is 0. The first-order chi connectivity index (χ1) is 5.83. The number of aliphatic imine (C=N–C) groups is 1. The van der Waals surface area contributed by atoms with Crippen molar-refractivity contribution >= 4 is 16.9 Å². The predicted octanol–water partition coefficient (Wildman–Crippen LogP) is 1.96. The maximum absolute atomic E-state index is 4.30. The summed E-state index contributed by atoms with van der Waals surface area (Å²) < 4.78 is 0. The van der Waals surface area contributed by atoms with Gasteiger partial charge in [-0.2, -0.15) is 0 Å². The fourth-order valence-electron chi connectivity index (χ4n) is 2.23. The van der Waals surface area contributed by atoms with Crippen molar-refractivity contribution in [3.8, 4) is 0 Å². The van der Waals surface area contributed by atoms with Gasteiger partial charge < -0.3 is 4.90 Å². The third-order valence-electron chi connectivity index (χ3n) is 2.91. The van der Waals surface area contributed by atoms with E-state index in [1.54, 1.807) is 0 Å². The van der Waals surface area contributed by atoms with Crippen LogP contribution in [0.4, 0.5) is 0 Å². The van der Waals surface area contributed by atoms with E-state index in [9.17, 15) is 0 Å². The van der Waals surface area contributed by atoms with E-state index >= 15 is 0 Å². The van der Waals surface area contributed by atoms with Crippen LogP contribution in [0.1, 0.15) is 25.7 Å². The fraction of sp³-hybridized carbons (Fsp3) is 0.889. The van der Waals surface area contributed by atoms with Crippen LogP contribution in [0.25, 0.3) is 0 Å². The molecule has 0 radical (unpaired) electrons. The van der Waals surface area contributed by atoms with Crippen LogP contribution in [-0.4, -0.2) is 35.5 Å². The zero-order valence-corrected chi connectivity index (χ0v) is 8.60. The molecule has 68 valence electrons. The second kappa shape index (κ2) is 3.29. The Morgan fingerprint density at radius 2 is 2.17 bits per heavy atom. The highest BCUT2D eigenvalue weighted by atomic mass is 32.2. The van der Waals surface area contributed by atoms with Gasteiger partial charge in [0.05, 0.1) is 0 Å². The summed E-state index contributed by atoms with van der Waals surface area (Å²) in [4.78, 5) is 6.67. The number of fused-ring (bicyclic) bond motifs is 1. The van der Waals surface area contributed by atoms with E-state index in [1.165, 1.54) is 30.9 Å². The molecule has 1 saturated carbocycles. The molecule has 0 aromatic carbocycles. The van der Waals surface area contributed by atoms with Gasteiger partial charge in [0.2, 0.25) is 0 Å². The Morgan fingerprint density at radius 1 is 1.42 bits per heavy atom. The molecular formula is C9H16N2S. The second-order valence-corrected chi connectivity index (χ2v) is 4.83. The number of hydrogen-bond acceptors (Lipinski definition) is 2. The Hall–Kier alpha value is -0.180. The Labute approximate surface area is 78.4 Å². The maximum Gasteiger partial charge on any atom is 0.159 e. The van der Waals surface area contributed by atoms with E-state index in [4.69, 9.17) is 0 Å². The van der Waals surface area contributed by atoms with Gasteiger partial charge in [-0.25, -0.2) is 0 Å². The van der Waals surface area contributed by atoms with Crippen LogP contribution in [0.15, 0.2) is 4.99 Å². The lowest BCUT2D eigenvalue weighted by Gasteiger charge is -2.28. The van der Waals surface area contributed by atoms with E-state index in [2.05, 4.69) is 16.9 Å². The van der Waals surface area contributed by atoms with E-state index in [0.29, 0.717) is 0 Å². The number of nitrogens with zero attached hydrogens (tertiary/aromatic N) is 2. The van der Waals surface area contributed by atoms with Gasteiger partial charge in [0.15, 0.2) is 5.17 Å². The Balaban J connectivity index is 2.13.